The van der Waals surface area contributed by atoms with Gasteiger partial charge in [-0.1, -0.05) is 12.1 Å². The summed E-state index contributed by atoms with van der Waals surface area (Å²) in [6.07, 6.45) is -3.92. The zero-order chi connectivity index (χ0) is 13.7. The molecule has 2 nitrogen and oxygen atoms in total. The molecule has 2 rings (SSSR count). The van der Waals surface area contributed by atoms with Gasteiger partial charge in [0.25, 0.3) is 0 Å². The Morgan fingerprint density at radius 3 is 2.63 bits per heavy atom. The number of hydrogen-bond donors (Lipinski definition) is 1. The van der Waals surface area contributed by atoms with E-state index in [9.17, 15) is 13.2 Å². The van der Waals surface area contributed by atoms with Gasteiger partial charge >= 0.3 is 6.36 Å². The molecule has 0 unspecified atom stereocenters. The maximum atomic E-state index is 12.2. The maximum absolute atomic E-state index is 12.2. The number of hydrogen-bond acceptors (Lipinski definition) is 3. The lowest BCUT2D eigenvalue weighted by atomic mass is 10.2. The lowest BCUT2D eigenvalue weighted by molar-refractivity contribution is -0.274. The second kappa shape index (κ2) is 5.97. The van der Waals surface area contributed by atoms with Gasteiger partial charge in [-0.2, -0.15) is 11.3 Å². The Balaban J connectivity index is 1.96. The van der Waals surface area contributed by atoms with Crippen molar-refractivity contribution in [1.82, 2.24) is 0 Å². The van der Waals surface area contributed by atoms with Crippen LogP contribution in [0, 0.1) is 0 Å². The molecule has 0 radical (unpaired) electrons. The Bertz CT molecular complexity index is 511. The van der Waals surface area contributed by atoms with Crippen LogP contribution < -0.4 is 10.1 Å². The van der Waals surface area contributed by atoms with Crippen molar-refractivity contribution in [3.8, 4) is 5.75 Å². The van der Waals surface area contributed by atoms with Crippen LogP contribution in [0.4, 0.5) is 18.9 Å². The number of rotatable bonds is 5. The van der Waals surface area contributed by atoms with E-state index in [1.807, 2.05) is 16.8 Å². The first-order valence-electron chi connectivity index (χ1n) is 5.64. The van der Waals surface area contributed by atoms with E-state index in [2.05, 4.69) is 10.1 Å². The van der Waals surface area contributed by atoms with Crippen LogP contribution in [0.5, 0.6) is 5.75 Å². The molecule has 0 spiro atoms. The molecule has 19 heavy (non-hydrogen) atoms. The quantitative estimate of drug-likeness (QED) is 0.885. The van der Waals surface area contributed by atoms with Crippen LogP contribution in [0.1, 0.15) is 5.56 Å². The Kier molecular flexibility index (Phi) is 4.31. The van der Waals surface area contributed by atoms with Crippen molar-refractivity contribution in [2.75, 3.05) is 11.9 Å². The summed E-state index contributed by atoms with van der Waals surface area (Å²) in [6.45, 7) is 0.551. The van der Waals surface area contributed by atoms with Crippen LogP contribution in [0.2, 0.25) is 0 Å². The monoisotopic (exact) mass is 287 g/mol. The highest BCUT2D eigenvalue weighted by atomic mass is 32.1. The maximum Gasteiger partial charge on any atom is 0.573 e. The van der Waals surface area contributed by atoms with E-state index in [4.69, 9.17) is 0 Å². The summed E-state index contributed by atoms with van der Waals surface area (Å²) in [5.74, 6) is -0.208. The largest absolute Gasteiger partial charge is 0.573 e. The molecule has 6 heteroatoms. The highest BCUT2D eigenvalue weighted by Gasteiger charge is 2.31. The molecule has 0 aliphatic heterocycles. The molecule has 1 heterocycles. The summed E-state index contributed by atoms with van der Waals surface area (Å²) in [5.41, 5.74) is 1.50. The number of benzene rings is 1. The number of halogens is 3. The molecule has 0 saturated carbocycles. The molecule has 0 fully saturated rings. The molecule has 1 N–H and O–H groups in total. The minimum atomic E-state index is -4.68. The van der Waals surface area contributed by atoms with Gasteiger partial charge in [0.1, 0.15) is 0 Å². The third-order valence-corrected chi connectivity index (χ3v) is 3.15. The zero-order valence-corrected chi connectivity index (χ0v) is 10.7. The van der Waals surface area contributed by atoms with Crippen molar-refractivity contribution in [3.63, 3.8) is 0 Å². The van der Waals surface area contributed by atoms with Crippen LogP contribution in [0.15, 0.2) is 41.1 Å². The van der Waals surface area contributed by atoms with Gasteiger partial charge in [-0.3, -0.25) is 0 Å². The Morgan fingerprint density at radius 1 is 1.16 bits per heavy atom. The molecular formula is C13H12F3NOS. The van der Waals surface area contributed by atoms with Crippen molar-refractivity contribution in [2.45, 2.75) is 12.8 Å². The average Bonchev–Trinajstić information content (AvgIpc) is 2.82. The van der Waals surface area contributed by atoms with Gasteiger partial charge in [-0.25, -0.2) is 0 Å². The summed E-state index contributed by atoms with van der Waals surface area (Å²) >= 11 is 1.60. The first kappa shape index (κ1) is 13.7. The van der Waals surface area contributed by atoms with E-state index in [1.54, 1.807) is 23.5 Å². The fraction of sp³-hybridized carbons (Fsp3) is 0.231. The molecule has 1 aromatic heterocycles. The topological polar surface area (TPSA) is 21.3 Å². The fourth-order valence-electron chi connectivity index (χ4n) is 1.60. The predicted molar refractivity (Wildman–Crippen MR) is 69.6 cm³/mol. The summed E-state index contributed by atoms with van der Waals surface area (Å²) in [4.78, 5) is 0. The Hall–Kier alpha value is -1.69. The van der Waals surface area contributed by atoms with E-state index < -0.39 is 6.36 Å². The van der Waals surface area contributed by atoms with Gasteiger partial charge in [0.15, 0.2) is 5.75 Å². The van der Waals surface area contributed by atoms with E-state index in [1.165, 1.54) is 12.1 Å². The first-order valence-corrected chi connectivity index (χ1v) is 6.58. The number of thiophene rings is 1. The van der Waals surface area contributed by atoms with Crippen molar-refractivity contribution < 1.29 is 17.9 Å². The third kappa shape index (κ3) is 4.48. The van der Waals surface area contributed by atoms with E-state index in [-0.39, 0.29) is 5.75 Å². The normalized spacial score (nSPS) is 11.3. The third-order valence-electron chi connectivity index (χ3n) is 2.42. The first-order chi connectivity index (χ1) is 9.04. The smallest absolute Gasteiger partial charge is 0.404 e. The van der Waals surface area contributed by atoms with E-state index in [0.717, 1.165) is 12.0 Å². The van der Waals surface area contributed by atoms with Crippen molar-refractivity contribution in [2.24, 2.45) is 0 Å². The molecule has 2 aromatic rings. The van der Waals surface area contributed by atoms with Gasteiger partial charge in [0.2, 0.25) is 0 Å². The van der Waals surface area contributed by atoms with E-state index >= 15 is 0 Å². The summed E-state index contributed by atoms with van der Waals surface area (Å²) in [6, 6.07) is 8.01. The molecule has 0 atom stereocenters. The Morgan fingerprint density at radius 2 is 1.95 bits per heavy atom. The zero-order valence-electron chi connectivity index (χ0n) is 9.91. The molecule has 102 valence electrons. The van der Waals surface area contributed by atoms with Gasteiger partial charge in [-0.15, -0.1) is 13.2 Å². The predicted octanol–water partition coefficient (Wildman–Crippen LogP) is 4.30. The highest BCUT2D eigenvalue weighted by Crippen LogP contribution is 2.29. The van der Waals surface area contributed by atoms with Crippen LogP contribution in [-0.2, 0) is 6.42 Å². The van der Waals surface area contributed by atoms with Gasteiger partial charge in [0, 0.05) is 6.54 Å². The SMILES string of the molecule is FC(F)(F)Oc1ccccc1NCCc1ccsc1. The second-order valence-electron chi connectivity index (χ2n) is 3.85. The van der Waals surface area contributed by atoms with Crippen molar-refractivity contribution in [3.05, 3.63) is 46.7 Å². The van der Waals surface area contributed by atoms with Crippen LogP contribution in [-0.4, -0.2) is 12.9 Å². The average molecular weight is 287 g/mol. The number of nitrogens with one attached hydrogen (secondary N) is 1. The lowest BCUT2D eigenvalue weighted by Gasteiger charge is -2.14. The molecule has 0 aliphatic rings. The van der Waals surface area contributed by atoms with E-state index in [0.29, 0.717) is 12.2 Å². The van der Waals surface area contributed by atoms with Gasteiger partial charge in [0.05, 0.1) is 5.69 Å². The standard InChI is InChI=1S/C13H12F3NOS/c14-13(15,16)18-12-4-2-1-3-11(12)17-7-5-10-6-8-19-9-10/h1-4,6,8-9,17H,5,7H2. The van der Waals surface area contributed by atoms with Gasteiger partial charge in [-0.05, 0) is 40.9 Å². The molecule has 1 aromatic carbocycles. The summed E-state index contributed by atoms with van der Waals surface area (Å²) in [5, 5.41) is 6.94. The number of anilines is 1. The molecular weight excluding hydrogens is 275 g/mol. The van der Waals surface area contributed by atoms with Gasteiger partial charge < -0.3 is 10.1 Å². The molecule has 0 aliphatic carbocycles. The fourth-order valence-corrected chi connectivity index (χ4v) is 2.31. The van der Waals surface area contributed by atoms with Crippen molar-refractivity contribution in [1.29, 1.82) is 0 Å². The van der Waals surface area contributed by atoms with Crippen LogP contribution in [0.25, 0.3) is 0 Å². The molecule has 0 saturated heterocycles. The second-order valence-corrected chi connectivity index (χ2v) is 4.63. The summed E-state index contributed by atoms with van der Waals surface area (Å²) < 4.78 is 40.6. The molecule has 0 amide bonds. The van der Waals surface area contributed by atoms with Crippen LogP contribution in [0.3, 0.4) is 0 Å². The minimum absolute atomic E-state index is 0.208. The Labute approximate surface area is 112 Å². The summed E-state index contributed by atoms with van der Waals surface area (Å²) in [7, 11) is 0. The van der Waals surface area contributed by atoms with Crippen molar-refractivity contribution >= 4 is 17.0 Å². The number of para-hydroxylation sites is 2. The minimum Gasteiger partial charge on any atom is -0.404 e. The number of alkyl halides is 3. The molecule has 0 bridgehead atoms. The highest BCUT2D eigenvalue weighted by molar-refractivity contribution is 7.07. The lowest BCUT2D eigenvalue weighted by Crippen LogP contribution is -2.18. The number of ether oxygens (including phenoxy) is 1. The van der Waals surface area contributed by atoms with Crippen LogP contribution >= 0.6 is 11.3 Å².